The van der Waals surface area contributed by atoms with Crippen molar-refractivity contribution in [2.75, 3.05) is 6.61 Å². The molecule has 1 rings (SSSR count). The Morgan fingerprint density at radius 2 is 2.75 bits per heavy atom. The maximum absolute atomic E-state index is 5.10. The average Bonchev–Trinajstić information content (AvgIpc) is 2.19. The fraction of sp³-hybridized carbons (Fsp3) is 0.400. The molecule has 0 N–H and O–H groups in total. The predicted octanol–water partition coefficient (Wildman–Crippen LogP) is 1.54. The molecule has 3 heteroatoms. The Hall–Kier alpha value is -0.570. The summed E-state index contributed by atoms with van der Waals surface area (Å²) in [5.74, 6) is 0. The van der Waals surface area contributed by atoms with Crippen molar-refractivity contribution < 1.29 is 4.74 Å². The van der Waals surface area contributed by atoms with E-state index in [0.717, 1.165) is 11.7 Å². The van der Waals surface area contributed by atoms with Crippen molar-refractivity contribution in [3.63, 3.8) is 0 Å². The van der Waals surface area contributed by atoms with Crippen LogP contribution < -0.4 is 4.74 Å². The van der Waals surface area contributed by atoms with Gasteiger partial charge in [0.1, 0.15) is 0 Å². The van der Waals surface area contributed by atoms with Gasteiger partial charge in [0.05, 0.1) is 18.3 Å². The van der Waals surface area contributed by atoms with Gasteiger partial charge in [0, 0.05) is 0 Å². The summed E-state index contributed by atoms with van der Waals surface area (Å²) in [6.45, 7) is 2.68. The molecule has 0 aliphatic heterocycles. The average molecular weight is 129 g/mol. The third-order valence-corrected chi connectivity index (χ3v) is 1.38. The summed E-state index contributed by atoms with van der Waals surface area (Å²) in [4.78, 5) is 3.83. The van der Waals surface area contributed by atoms with Gasteiger partial charge in [0.2, 0.25) is 0 Å². The molecule has 2 nitrogen and oxygen atoms in total. The summed E-state index contributed by atoms with van der Waals surface area (Å²) < 4.78 is 5.10. The van der Waals surface area contributed by atoms with E-state index in [-0.39, 0.29) is 0 Å². The monoisotopic (exact) mass is 129 g/mol. The highest BCUT2D eigenvalue weighted by Crippen LogP contribution is 2.14. The van der Waals surface area contributed by atoms with Crippen LogP contribution in [0.5, 0.6) is 5.06 Å². The Balaban J connectivity index is 2.50. The van der Waals surface area contributed by atoms with Crippen molar-refractivity contribution in [1.82, 2.24) is 4.98 Å². The van der Waals surface area contributed by atoms with Gasteiger partial charge in [-0.3, -0.25) is 0 Å². The molecular weight excluding hydrogens is 122 g/mol. The van der Waals surface area contributed by atoms with Crippen LogP contribution in [0.25, 0.3) is 0 Å². The summed E-state index contributed by atoms with van der Waals surface area (Å²) in [6, 6.07) is 0. The zero-order valence-corrected chi connectivity index (χ0v) is 5.44. The zero-order valence-electron chi connectivity index (χ0n) is 4.63. The molecule has 0 saturated carbocycles. The normalized spacial score (nSPS) is 9.12. The van der Waals surface area contributed by atoms with Gasteiger partial charge in [0.25, 0.3) is 0 Å². The number of nitrogens with zero attached hydrogens (tertiary/aromatic N) is 1. The molecule has 0 aliphatic carbocycles. The standard InChI is InChI=1S/C5H7NOS/c1-2-7-5-3-6-4-8-5/h3-4H,2H2,1H3. The molecule has 0 fully saturated rings. The minimum atomic E-state index is 0.724. The van der Waals surface area contributed by atoms with Crippen LogP contribution in [0, 0.1) is 0 Å². The Morgan fingerprint density at radius 1 is 1.88 bits per heavy atom. The zero-order chi connectivity index (χ0) is 5.82. The largest absolute Gasteiger partial charge is 0.483 e. The van der Waals surface area contributed by atoms with Gasteiger partial charge in [-0.15, -0.1) is 0 Å². The maximum Gasteiger partial charge on any atom is 0.193 e. The molecule has 0 aliphatic rings. The van der Waals surface area contributed by atoms with Gasteiger partial charge >= 0.3 is 0 Å². The SMILES string of the molecule is CCOc1cncs1. The Labute approximate surface area is 52.1 Å². The fourth-order valence-electron chi connectivity index (χ4n) is 0.418. The summed E-state index contributed by atoms with van der Waals surface area (Å²) in [7, 11) is 0. The van der Waals surface area contributed by atoms with Crippen LogP contribution in [0.15, 0.2) is 11.7 Å². The molecule has 0 radical (unpaired) electrons. The Kier molecular flexibility index (Phi) is 1.86. The summed E-state index contributed by atoms with van der Waals surface area (Å²) in [6.07, 6.45) is 1.72. The minimum absolute atomic E-state index is 0.724. The van der Waals surface area contributed by atoms with Crippen LogP contribution in [0.2, 0.25) is 0 Å². The Bertz CT molecular complexity index is 138. The van der Waals surface area contributed by atoms with Crippen LogP contribution in [0.3, 0.4) is 0 Å². The summed E-state index contributed by atoms with van der Waals surface area (Å²) in [5.41, 5.74) is 1.75. The molecule has 0 atom stereocenters. The van der Waals surface area contributed by atoms with Crippen LogP contribution in [-0.4, -0.2) is 11.6 Å². The van der Waals surface area contributed by atoms with Crippen molar-refractivity contribution in [3.8, 4) is 5.06 Å². The smallest absolute Gasteiger partial charge is 0.193 e. The molecule has 0 unspecified atom stereocenters. The first kappa shape index (κ1) is 5.56. The Morgan fingerprint density at radius 3 is 3.25 bits per heavy atom. The lowest BCUT2D eigenvalue weighted by Gasteiger charge is -1.92. The quantitative estimate of drug-likeness (QED) is 0.604. The first-order chi connectivity index (χ1) is 3.93. The third-order valence-electron chi connectivity index (χ3n) is 0.696. The molecule has 0 bridgehead atoms. The minimum Gasteiger partial charge on any atom is -0.483 e. The van der Waals surface area contributed by atoms with Crippen molar-refractivity contribution >= 4 is 11.3 Å². The van der Waals surface area contributed by atoms with Gasteiger partial charge in [-0.05, 0) is 6.92 Å². The van der Waals surface area contributed by atoms with Crippen LogP contribution >= 0.6 is 11.3 Å². The first-order valence-electron chi connectivity index (χ1n) is 2.44. The van der Waals surface area contributed by atoms with Crippen molar-refractivity contribution in [2.45, 2.75) is 6.92 Å². The molecule has 1 aromatic heterocycles. The second-order valence-corrected chi connectivity index (χ2v) is 2.10. The molecule has 44 valence electrons. The highest BCUT2D eigenvalue weighted by molar-refractivity contribution is 7.11. The topological polar surface area (TPSA) is 22.1 Å². The number of hydrogen-bond donors (Lipinski definition) is 0. The van der Waals surface area contributed by atoms with Crippen LogP contribution in [0.4, 0.5) is 0 Å². The van der Waals surface area contributed by atoms with E-state index >= 15 is 0 Å². The van der Waals surface area contributed by atoms with Gasteiger partial charge in [-0.2, -0.15) is 0 Å². The lowest BCUT2D eigenvalue weighted by molar-refractivity contribution is 0.349. The third kappa shape index (κ3) is 1.20. The molecule has 1 heterocycles. The molecular formula is C5H7NOS. The summed E-state index contributed by atoms with van der Waals surface area (Å²) in [5, 5.41) is 0.896. The van der Waals surface area contributed by atoms with E-state index in [0.29, 0.717) is 0 Å². The van der Waals surface area contributed by atoms with Gasteiger partial charge in [0.15, 0.2) is 5.06 Å². The second-order valence-electron chi connectivity index (χ2n) is 1.25. The number of ether oxygens (including phenoxy) is 1. The number of thiazole rings is 1. The number of rotatable bonds is 2. The van der Waals surface area contributed by atoms with Gasteiger partial charge < -0.3 is 4.74 Å². The molecule has 0 saturated heterocycles. The molecule has 0 amide bonds. The molecule has 1 aromatic rings. The lowest BCUT2D eigenvalue weighted by atomic mass is 10.8. The summed E-state index contributed by atoms with van der Waals surface area (Å²) >= 11 is 1.51. The van der Waals surface area contributed by atoms with Gasteiger partial charge in [-0.1, -0.05) is 11.3 Å². The van der Waals surface area contributed by atoms with Crippen molar-refractivity contribution in [2.24, 2.45) is 0 Å². The van der Waals surface area contributed by atoms with E-state index < -0.39 is 0 Å². The second kappa shape index (κ2) is 2.67. The number of aromatic nitrogens is 1. The van der Waals surface area contributed by atoms with E-state index in [1.807, 2.05) is 6.92 Å². The molecule has 0 aromatic carbocycles. The highest BCUT2D eigenvalue weighted by Gasteiger charge is 1.88. The lowest BCUT2D eigenvalue weighted by Crippen LogP contribution is -1.86. The molecule has 8 heavy (non-hydrogen) atoms. The van der Waals surface area contributed by atoms with Gasteiger partial charge in [-0.25, -0.2) is 4.98 Å². The van der Waals surface area contributed by atoms with Crippen molar-refractivity contribution in [1.29, 1.82) is 0 Å². The van der Waals surface area contributed by atoms with Crippen molar-refractivity contribution in [3.05, 3.63) is 11.7 Å². The van der Waals surface area contributed by atoms with Crippen LogP contribution in [-0.2, 0) is 0 Å². The first-order valence-corrected chi connectivity index (χ1v) is 3.32. The maximum atomic E-state index is 5.10. The predicted molar refractivity (Wildman–Crippen MR) is 33.3 cm³/mol. The molecule has 0 spiro atoms. The van der Waals surface area contributed by atoms with E-state index in [9.17, 15) is 0 Å². The van der Waals surface area contributed by atoms with E-state index in [1.165, 1.54) is 11.3 Å². The van der Waals surface area contributed by atoms with E-state index in [4.69, 9.17) is 4.74 Å². The number of hydrogen-bond acceptors (Lipinski definition) is 3. The fourth-order valence-corrected chi connectivity index (χ4v) is 0.951. The van der Waals surface area contributed by atoms with Crippen LogP contribution in [0.1, 0.15) is 6.92 Å². The van der Waals surface area contributed by atoms with E-state index in [2.05, 4.69) is 4.98 Å². The highest BCUT2D eigenvalue weighted by atomic mass is 32.1. The van der Waals surface area contributed by atoms with E-state index in [1.54, 1.807) is 11.7 Å².